The van der Waals surface area contributed by atoms with Gasteiger partial charge in [0.25, 0.3) is 5.92 Å². The number of carbonyl (C=O) groups excluding carboxylic acids is 2. The number of alkyl halides is 2. The molecule has 5 heteroatoms. The number of hydrogen-bond acceptors (Lipinski definition) is 3. The van der Waals surface area contributed by atoms with Crippen molar-refractivity contribution < 1.29 is 23.1 Å². The predicted molar refractivity (Wildman–Crippen MR) is 125 cm³/mol. The average Bonchev–Trinajstić information content (AvgIpc) is 3.12. The fraction of sp³-hybridized carbons (Fsp3) is 0.926. The summed E-state index contributed by atoms with van der Waals surface area (Å²) in [5.74, 6) is -4.28. The van der Waals surface area contributed by atoms with Crippen molar-refractivity contribution in [3.63, 3.8) is 0 Å². The number of Topliss-reactive ketones (excluding diaryl/α,β-unsaturated/α-hetero) is 1. The third kappa shape index (κ3) is 4.51. The van der Waals surface area contributed by atoms with E-state index in [4.69, 9.17) is 0 Å². The van der Waals surface area contributed by atoms with Gasteiger partial charge in [0.1, 0.15) is 0 Å². The van der Waals surface area contributed by atoms with Crippen LogP contribution in [0.4, 0.5) is 8.78 Å². The summed E-state index contributed by atoms with van der Waals surface area (Å²) >= 11 is 0. The Hall–Kier alpha value is -1.00. The van der Waals surface area contributed by atoms with Crippen molar-refractivity contribution in [1.82, 2.24) is 0 Å². The molecular weight excluding hydrogens is 410 g/mol. The van der Waals surface area contributed by atoms with Gasteiger partial charge in [-0.3, -0.25) is 4.79 Å². The number of ketones is 1. The second kappa shape index (κ2) is 10.5. The smallest absolute Gasteiger partial charge is 0.374 e. The van der Waals surface area contributed by atoms with E-state index in [2.05, 4.69) is 18.6 Å². The van der Waals surface area contributed by atoms with Gasteiger partial charge in [-0.1, -0.05) is 54.4 Å². The molecule has 4 fully saturated rings. The molecule has 186 valence electrons. The highest BCUT2D eigenvalue weighted by molar-refractivity contribution is 6.33. The number of rotatable bonds is 3. The quantitative estimate of drug-likeness (QED) is 0.327. The van der Waals surface area contributed by atoms with Gasteiger partial charge in [0.15, 0.2) is 0 Å². The molecule has 0 aromatic heterocycles. The van der Waals surface area contributed by atoms with Crippen LogP contribution in [0.5, 0.6) is 0 Å². The SMILES string of the molecule is CC.CC.COC(=O)C(=O)CC1CCC2C3C(CCC12C)C1(C)CCCCC1CC3(F)F. The van der Waals surface area contributed by atoms with Crippen molar-refractivity contribution in [2.75, 3.05) is 7.11 Å². The molecule has 0 amide bonds. The number of fused-ring (bicyclic) bond motifs is 5. The van der Waals surface area contributed by atoms with E-state index >= 15 is 8.78 Å². The molecular formula is C27H46F2O3. The molecule has 4 aliphatic carbocycles. The van der Waals surface area contributed by atoms with Gasteiger partial charge in [0.05, 0.1) is 7.11 Å². The van der Waals surface area contributed by atoms with E-state index in [1.165, 1.54) is 13.5 Å². The number of hydrogen-bond donors (Lipinski definition) is 0. The molecule has 0 radical (unpaired) electrons. The summed E-state index contributed by atoms with van der Waals surface area (Å²) in [6, 6.07) is 0. The molecule has 32 heavy (non-hydrogen) atoms. The Kier molecular flexibility index (Phi) is 8.95. The number of carbonyl (C=O) groups is 2. The molecule has 0 bridgehead atoms. The van der Waals surface area contributed by atoms with Crippen LogP contribution >= 0.6 is 0 Å². The Bertz CT molecular complexity index is 663. The first kappa shape index (κ1) is 27.2. The van der Waals surface area contributed by atoms with Crippen molar-refractivity contribution in [2.24, 2.45) is 40.4 Å². The van der Waals surface area contributed by atoms with Crippen LogP contribution in [0.1, 0.15) is 106 Å². The number of ether oxygens (including phenoxy) is 1. The van der Waals surface area contributed by atoms with E-state index < -0.39 is 23.6 Å². The molecule has 0 aromatic rings. The molecule has 0 spiro atoms. The van der Waals surface area contributed by atoms with E-state index in [1.807, 2.05) is 27.7 Å². The lowest BCUT2D eigenvalue weighted by atomic mass is 9.44. The van der Waals surface area contributed by atoms with Crippen molar-refractivity contribution >= 4 is 11.8 Å². The van der Waals surface area contributed by atoms with Gasteiger partial charge in [0, 0.05) is 18.8 Å². The Morgan fingerprint density at radius 2 is 1.50 bits per heavy atom. The predicted octanol–water partition coefficient (Wildman–Crippen LogP) is 7.47. The number of methoxy groups -OCH3 is 1. The molecule has 0 aromatic carbocycles. The molecule has 3 nitrogen and oxygen atoms in total. The fourth-order valence-electron chi connectivity index (χ4n) is 8.05. The molecule has 0 N–H and O–H groups in total. The van der Waals surface area contributed by atoms with Crippen molar-refractivity contribution in [1.29, 1.82) is 0 Å². The minimum Gasteiger partial charge on any atom is -0.463 e. The minimum atomic E-state index is -2.61. The van der Waals surface area contributed by atoms with Crippen LogP contribution in [0.2, 0.25) is 0 Å². The number of esters is 1. The minimum absolute atomic E-state index is 0.0118. The van der Waals surface area contributed by atoms with Gasteiger partial charge in [-0.25, -0.2) is 13.6 Å². The van der Waals surface area contributed by atoms with Crippen LogP contribution < -0.4 is 0 Å². The lowest BCUT2D eigenvalue weighted by Crippen LogP contribution is -2.60. The fourth-order valence-corrected chi connectivity index (χ4v) is 8.05. The summed E-state index contributed by atoms with van der Waals surface area (Å²) < 4.78 is 35.6. The van der Waals surface area contributed by atoms with Gasteiger partial charge in [-0.2, -0.15) is 0 Å². The summed E-state index contributed by atoms with van der Waals surface area (Å²) in [6.07, 6.45) is 7.74. The summed E-state index contributed by atoms with van der Waals surface area (Å²) in [4.78, 5) is 23.8. The Morgan fingerprint density at radius 1 is 0.875 bits per heavy atom. The largest absolute Gasteiger partial charge is 0.463 e. The lowest BCUT2D eigenvalue weighted by Gasteiger charge is -2.62. The maximum atomic E-state index is 15.5. The molecule has 7 atom stereocenters. The van der Waals surface area contributed by atoms with Crippen LogP contribution in [0.3, 0.4) is 0 Å². The molecule has 0 heterocycles. The zero-order valence-corrected chi connectivity index (χ0v) is 21.4. The highest BCUT2D eigenvalue weighted by Gasteiger charge is 2.67. The topological polar surface area (TPSA) is 43.4 Å². The average molecular weight is 457 g/mol. The van der Waals surface area contributed by atoms with Gasteiger partial charge in [0.2, 0.25) is 5.78 Å². The maximum Gasteiger partial charge on any atom is 0.374 e. The van der Waals surface area contributed by atoms with E-state index in [1.54, 1.807) is 0 Å². The van der Waals surface area contributed by atoms with Crippen LogP contribution in [0.25, 0.3) is 0 Å². The standard InChI is InChI=1S/C23H34F2O3.2C2H6/c1-21-10-5-4-6-15(21)13-23(24,25)19-16-8-7-14(12-18(26)20(27)28-3)22(16,2)11-9-17(19)21;2*1-2/h14-17,19H,4-13H2,1-3H3;2*1-2H3. The molecule has 7 unspecified atom stereocenters. The van der Waals surface area contributed by atoms with E-state index in [-0.39, 0.29) is 47.3 Å². The van der Waals surface area contributed by atoms with Crippen LogP contribution in [-0.4, -0.2) is 24.8 Å². The second-order valence-electron chi connectivity index (χ2n) is 10.6. The Balaban J connectivity index is 0.000000860. The summed E-state index contributed by atoms with van der Waals surface area (Å²) in [6.45, 7) is 12.4. The molecule has 4 saturated carbocycles. The van der Waals surface area contributed by atoms with E-state index in [0.717, 1.165) is 44.9 Å². The molecule has 0 aliphatic heterocycles. The van der Waals surface area contributed by atoms with Crippen molar-refractivity contribution in [3.8, 4) is 0 Å². The summed E-state index contributed by atoms with van der Waals surface area (Å²) in [7, 11) is 1.22. The van der Waals surface area contributed by atoms with Gasteiger partial charge >= 0.3 is 5.97 Å². The van der Waals surface area contributed by atoms with Gasteiger partial charge < -0.3 is 4.74 Å². The first-order chi connectivity index (χ1) is 15.1. The first-order valence-corrected chi connectivity index (χ1v) is 13.1. The third-order valence-corrected chi connectivity index (χ3v) is 9.62. The van der Waals surface area contributed by atoms with Crippen molar-refractivity contribution in [3.05, 3.63) is 0 Å². The highest BCUT2D eigenvalue weighted by atomic mass is 19.3. The van der Waals surface area contributed by atoms with Crippen LogP contribution in [0.15, 0.2) is 0 Å². The number of halogens is 2. The zero-order chi connectivity index (χ0) is 24.3. The van der Waals surface area contributed by atoms with Crippen LogP contribution in [-0.2, 0) is 14.3 Å². The highest BCUT2D eigenvalue weighted by Crippen LogP contribution is 2.70. The van der Waals surface area contributed by atoms with E-state index in [0.29, 0.717) is 0 Å². The van der Waals surface area contributed by atoms with Crippen LogP contribution in [0, 0.1) is 40.4 Å². The van der Waals surface area contributed by atoms with Gasteiger partial charge in [-0.05, 0) is 73.0 Å². The monoisotopic (exact) mass is 456 g/mol. The second-order valence-corrected chi connectivity index (χ2v) is 10.6. The first-order valence-electron chi connectivity index (χ1n) is 13.1. The molecule has 4 aliphatic rings. The zero-order valence-electron chi connectivity index (χ0n) is 21.4. The summed E-state index contributed by atoms with van der Waals surface area (Å²) in [5, 5.41) is 0. The lowest BCUT2D eigenvalue weighted by molar-refractivity contribution is -0.231. The summed E-state index contributed by atoms with van der Waals surface area (Å²) in [5.41, 5.74) is -0.224. The Morgan fingerprint density at radius 3 is 2.12 bits per heavy atom. The molecule has 0 saturated heterocycles. The third-order valence-electron chi connectivity index (χ3n) is 9.62. The van der Waals surface area contributed by atoms with Gasteiger partial charge in [-0.15, -0.1) is 0 Å². The maximum absolute atomic E-state index is 15.5. The molecule has 4 rings (SSSR count). The normalized spacial score (nSPS) is 41.3. The Labute approximate surface area is 194 Å². The van der Waals surface area contributed by atoms with E-state index in [9.17, 15) is 9.59 Å². The van der Waals surface area contributed by atoms with Crippen molar-refractivity contribution in [2.45, 2.75) is 112 Å².